The SMILES string of the molecule is COc1cccc([C@H]2CN(C(=O)c3ccccc3N(C)C)C[C@@H]2C(=O)O)c1. The Labute approximate surface area is 159 Å². The van der Waals surface area contributed by atoms with Gasteiger partial charge in [0.25, 0.3) is 5.91 Å². The molecule has 1 N–H and O–H groups in total. The third-order valence-electron chi connectivity index (χ3n) is 5.06. The number of nitrogens with zero attached hydrogens (tertiary/aromatic N) is 2. The van der Waals surface area contributed by atoms with Crippen molar-refractivity contribution in [3.8, 4) is 5.75 Å². The highest BCUT2D eigenvalue weighted by molar-refractivity contribution is 6.00. The van der Waals surface area contributed by atoms with Crippen molar-refractivity contribution in [3.63, 3.8) is 0 Å². The van der Waals surface area contributed by atoms with E-state index >= 15 is 0 Å². The number of para-hydroxylation sites is 1. The Kier molecular flexibility index (Phi) is 5.35. The number of hydrogen-bond acceptors (Lipinski definition) is 4. The summed E-state index contributed by atoms with van der Waals surface area (Å²) in [5, 5.41) is 9.71. The molecule has 1 fully saturated rings. The maximum atomic E-state index is 13.1. The highest BCUT2D eigenvalue weighted by Gasteiger charge is 2.41. The fourth-order valence-electron chi connectivity index (χ4n) is 3.64. The van der Waals surface area contributed by atoms with E-state index in [0.717, 1.165) is 11.3 Å². The number of carbonyl (C=O) groups is 2. The zero-order valence-corrected chi connectivity index (χ0v) is 15.8. The van der Waals surface area contributed by atoms with Gasteiger partial charge in [-0.25, -0.2) is 0 Å². The molecule has 1 heterocycles. The lowest BCUT2D eigenvalue weighted by molar-refractivity contribution is -0.141. The van der Waals surface area contributed by atoms with Gasteiger partial charge in [-0.2, -0.15) is 0 Å². The summed E-state index contributed by atoms with van der Waals surface area (Å²) in [6.07, 6.45) is 0. The van der Waals surface area contributed by atoms with Crippen LogP contribution in [-0.4, -0.2) is 56.2 Å². The van der Waals surface area contributed by atoms with Crippen LogP contribution in [0.4, 0.5) is 5.69 Å². The van der Waals surface area contributed by atoms with Gasteiger partial charge in [-0.1, -0.05) is 24.3 Å². The van der Waals surface area contributed by atoms with Gasteiger partial charge in [-0.05, 0) is 29.8 Å². The molecule has 0 aliphatic carbocycles. The van der Waals surface area contributed by atoms with Crippen LogP contribution in [0.2, 0.25) is 0 Å². The smallest absolute Gasteiger partial charge is 0.308 e. The molecule has 1 aliphatic heterocycles. The fourth-order valence-corrected chi connectivity index (χ4v) is 3.64. The highest BCUT2D eigenvalue weighted by Crippen LogP contribution is 2.35. The molecule has 0 unspecified atom stereocenters. The third kappa shape index (κ3) is 3.74. The van der Waals surface area contributed by atoms with Gasteiger partial charge in [0.2, 0.25) is 0 Å². The second-order valence-corrected chi connectivity index (χ2v) is 6.95. The molecular weight excluding hydrogens is 344 g/mol. The fraction of sp³-hybridized carbons (Fsp3) is 0.333. The summed E-state index contributed by atoms with van der Waals surface area (Å²) >= 11 is 0. The topological polar surface area (TPSA) is 70.1 Å². The molecule has 1 aliphatic rings. The Balaban J connectivity index is 1.91. The van der Waals surface area contributed by atoms with Crippen molar-refractivity contribution < 1.29 is 19.4 Å². The number of rotatable bonds is 5. The molecule has 0 aromatic heterocycles. The van der Waals surface area contributed by atoms with E-state index in [9.17, 15) is 14.7 Å². The Morgan fingerprint density at radius 1 is 1.11 bits per heavy atom. The van der Waals surface area contributed by atoms with Crippen LogP contribution in [-0.2, 0) is 4.79 Å². The highest BCUT2D eigenvalue weighted by atomic mass is 16.5. The lowest BCUT2D eigenvalue weighted by Crippen LogP contribution is -2.31. The van der Waals surface area contributed by atoms with Crippen molar-refractivity contribution in [1.82, 2.24) is 4.90 Å². The average Bonchev–Trinajstić information content (AvgIpc) is 3.13. The molecule has 6 nitrogen and oxygen atoms in total. The first-order valence-corrected chi connectivity index (χ1v) is 8.84. The lowest BCUT2D eigenvalue weighted by Gasteiger charge is -2.21. The number of ether oxygens (including phenoxy) is 1. The van der Waals surface area contributed by atoms with Gasteiger partial charge in [-0.3, -0.25) is 9.59 Å². The van der Waals surface area contributed by atoms with Crippen molar-refractivity contribution in [2.24, 2.45) is 5.92 Å². The number of carboxylic acids is 1. The minimum Gasteiger partial charge on any atom is -0.497 e. The van der Waals surface area contributed by atoms with Crippen molar-refractivity contribution >= 4 is 17.6 Å². The predicted octanol–water partition coefficient (Wildman–Crippen LogP) is 2.70. The average molecular weight is 368 g/mol. The molecule has 1 amide bonds. The van der Waals surface area contributed by atoms with Crippen LogP contribution in [0, 0.1) is 5.92 Å². The van der Waals surface area contributed by atoms with E-state index < -0.39 is 11.9 Å². The number of carbonyl (C=O) groups excluding carboxylic acids is 1. The van der Waals surface area contributed by atoms with Crippen molar-refractivity contribution in [3.05, 3.63) is 59.7 Å². The van der Waals surface area contributed by atoms with Gasteiger partial charge in [0, 0.05) is 38.8 Å². The number of likely N-dealkylation sites (tertiary alicyclic amines) is 1. The second kappa shape index (κ2) is 7.70. The minimum atomic E-state index is -0.890. The van der Waals surface area contributed by atoms with Crippen LogP contribution < -0.4 is 9.64 Å². The number of carboxylic acid groups (broad SMARTS) is 1. The normalized spacial score (nSPS) is 19.0. The lowest BCUT2D eigenvalue weighted by atomic mass is 9.89. The number of benzene rings is 2. The molecule has 0 spiro atoms. The third-order valence-corrected chi connectivity index (χ3v) is 5.06. The largest absolute Gasteiger partial charge is 0.497 e. The molecule has 0 radical (unpaired) electrons. The summed E-state index contributed by atoms with van der Waals surface area (Å²) in [4.78, 5) is 28.5. The predicted molar refractivity (Wildman–Crippen MR) is 104 cm³/mol. The molecular formula is C21H24N2O4. The first-order valence-electron chi connectivity index (χ1n) is 8.84. The van der Waals surface area contributed by atoms with E-state index in [4.69, 9.17) is 4.74 Å². The van der Waals surface area contributed by atoms with Gasteiger partial charge >= 0.3 is 5.97 Å². The monoisotopic (exact) mass is 368 g/mol. The number of hydrogen-bond donors (Lipinski definition) is 1. The van der Waals surface area contributed by atoms with E-state index in [-0.39, 0.29) is 18.4 Å². The molecule has 0 saturated carbocycles. The van der Waals surface area contributed by atoms with Gasteiger partial charge in [0.05, 0.1) is 18.6 Å². The first-order chi connectivity index (χ1) is 12.9. The summed E-state index contributed by atoms with van der Waals surface area (Å²) in [5.41, 5.74) is 2.27. The number of amides is 1. The van der Waals surface area contributed by atoms with E-state index in [1.807, 2.05) is 61.5 Å². The summed E-state index contributed by atoms with van der Waals surface area (Å²) in [6.45, 7) is 0.558. The van der Waals surface area contributed by atoms with Crippen LogP contribution in [0.5, 0.6) is 5.75 Å². The van der Waals surface area contributed by atoms with E-state index in [0.29, 0.717) is 17.9 Å². The summed E-state index contributed by atoms with van der Waals surface area (Å²) in [7, 11) is 5.35. The Morgan fingerprint density at radius 2 is 1.85 bits per heavy atom. The van der Waals surface area contributed by atoms with Crippen LogP contribution in [0.25, 0.3) is 0 Å². The Hall–Kier alpha value is -3.02. The van der Waals surface area contributed by atoms with Crippen LogP contribution in [0.15, 0.2) is 48.5 Å². The summed E-state index contributed by atoms with van der Waals surface area (Å²) in [6, 6.07) is 14.8. The quantitative estimate of drug-likeness (QED) is 0.879. The van der Waals surface area contributed by atoms with Gasteiger partial charge < -0.3 is 19.6 Å². The number of methoxy groups -OCH3 is 1. The molecule has 27 heavy (non-hydrogen) atoms. The van der Waals surface area contributed by atoms with E-state index in [1.54, 1.807) is 18.1 Å². The number of aliphatic carboxylic acids is 1. The van der Waals surface area contributed by atoms with Crippen LogP contribution in [0.3, 0.4) is 0 Å². The molecule has 2 aromatic rings. The molecule has 2 atom stereocenters. The van der Waals surface area contributed by atoms with E-state index in [2.05, 4.69) is 0 Å². The van der Waals surface area contributed by atoms with Crippen LogP contribution in [0.1, 0.15) is 21.8 Å². The number of anilines is 1. The van der Waals surface area contributed by atoms with Crippen LogP contribution >= 0.6 is 0 Å². The molecule has 2 aromatic carbocycles. The van der Waals surface area contributed by atoms with E-state index in [1.165, 1.54) is 0 Å². The van der Waals surface area contributed by atoms with Crippen molar-refractivity contribution in [2.75, 3.05) is 39.2 Å². The standard InChI is InChI=1S/C21H24N2O4/c1-22(2)19-10-5-4-9-16(19)20(24)23-12-17(18(13-23)21(25)26)14-7-6-8-15(11-14)27-3/h4-11,17-18H,12-13H2,1-3H3,(H,25,26)/t17-,18+/m1/s1. The van der Waals surface area contributed by atoms with Gasteiger partial charge in [0.1, 0.15) is 5.75 Å². The van der Waals surface area contributed by atoms with Crippen molar-refractivity contribution in [1.29, 1.82) is 0 Å². The summed E-state index contributed by atoms with van der Waals surface area (Å²) < 4.78 is 5.26. The minimum absolute atomic E-state index is 0.143. The maximum absolute atomic E-state index is 13.1. The van der Waals surface area contributed by atoms with Gasteiger partial charge in [0.15, 0.2) is 0 Å². The zero-order valence-electron chi connectivity index (χ0n) is 15.8. The first kappa shape index (κ1) is 18.8. The maximum Gasteiger partial charge on any atom is 0.308 e. The molecule has 6 heteroatoms. The molecule has 3 rings (SSSR count). The van der Waals surface area contributed by atoms with Crippen molar-refractivity contribution in [2.45, 2.75) is 5.92 Å². The molecule has 1 saturated heterocycles. The molecule has 0 bridgehead atoms. The zero-order chi connectivity index (χ0) is 19.6. The van der Waals surface area contributed by atoms with Gasteiger partial charge in [-0.15, -0.1) is 0 Å². The summed E-state index contributed by atoms with van der Waals surface area (Å²) in [5.74, 6) is -1.27. The Bertz CT molecular complexity index is 850. The second-order valence-electron chi connectivity index (χ2n) is 6.95. The molecule has 142 valence electrons. The Morgan fingerprint density at radius 3 is 2.52 bits per heavy atom.